The van der Waals surface area contributed by atoms with E-state index in [1.165, 1.54) is 44.2 Å². The topological polar surface area (TPSA) is 27.8 Å². The van der Waals surface area contributed by atoms with Crippen molar-refractivity contribution in [3.05, 3.63) is 24.0 Å². The van der Waals surface area contributed by atoms with Crippen LogP contribution in [-0.2, 0) is 6.54 Å². The van der Waals surface area contributed by atoms with Crippen LogP contribution < -0.4 is 5.32 Å². The Bertz CT molecular complexity index is 216. The Morgan fingerprint density at radius 1 is 1.13 bits per heavy atom. The van der Waals surface area contributed by atoms with Crippen molar-refractivity contribution in [2.45, 2.75) is 52.0 Å². The van der Waals surface area contributed by atoms with Crippen LogP contribution >= 0.6 is 0 Å². The lowest BCUT2D eigenvalue weighted by atomic mass is 10.1. The van der Waals surface area contributed by atoms with Crippen molar-refractivity contribution in [3.8, 4) is 0 Å². The highest BCUT2D eigenvalue weighted by Gasteiger charge is 1.92. The Labute approximate surface area is 93.5 Å². The summed E-state index contributed by atoms with van der Waals surface area (Å²) in [6, 6.07) is 4.16. The minimum absolute atomic E-state index is 0.974. The maximum Gasteiger partial charge on any atom is 0.0357 e. The molecule has 0 atom stereocenters. The second kappa shape index (κ2) is 8.54. The van der Waals surface area contributed by atoms with Crippen molar-refractivity contribution in [3.63, 3.8) is 0 Å². The molecule has 1 aromatic rings. The van der Waals surface area contributed by atoms with Gasteiger partial charge in [0.15, 0.2) is 0 Å². The number of hydrogen-bond donors (Lipinski definition) is 2. The first-order valence-electron chi connectivity index (χ1n) is 6.26. The fourth-order valence-electron chi connectivity index (χ4n) is 1.73. The second-order valence-corrected chi connectivity index (χ2v) is 4.14. The van der Waals surface area contributed by atoms with E-state index in [0.29, 0.717) is 0 Å². The summed E-state index contributed by atoms with van der Waals surface area (Å²) in [5.41, 5.74) is 1.28. The molecule has 2 heteroatoms. The van der Waals surface area contributed by atoms with Gasteiger partial charge in [-0.05, 0) is 25.1 Å². The molecule has 0 aliphatic heterocycles. The second-order valence-electron chi connectivity index (χ2n) is 4.14. The average molecular weight is 208 g/mol. The first-order valence-corrected chi connectivity index (χ1v) is 6.26. The lowest BCUT2D eigenvalue weighted by Gasteiger charge is -2.03. The Hall–Kier alpha value is -0.760. The molecule has 0 saturated carbocycles. The Balaban J connectivity index is 1.81. The Morgan fingerprint density at radius 3 is 2.67 bits per heavy atom. The van der Waals surface area contributed by atoms with E-state index < -0.39 is 0 Å². The molecule has 0 aliphatic carbocycles. The highest BCUT2D eigenvalue weighted by Crippen LogP contribution is 2.04. The first kappa shape index (κ1) is 12.3. The normalized spacial score (nSPS) is 10.7. The number of rotatable bonds is 9. The molecule has 0 bridgehead atoms. The summed E-state index contributed by atoms with van der Waals surface area (Å²) in [5.74, 6) is 0. The lowest BCUT2D eigenvalue weighted by molar-refractivity contribution is 0.570. The van der Waals surface area contributed by atoms with Crippen molar-refractivity contribution in [2.75, 3.05) is 6.54 Å². The minimum Gasteiger partial charge on any atom is -0.364 e. The van der Waals surface area contributed by atoms with Gasteiger partial charge in [0.1, 0.15) is 0 Å². The molecule has 1 rings (SSSR count). The highest BCUT2D eigenvalue weighted by atomic mass is 14.9. The molecule has 0 aliphatic rings. The van der Waals surface area contributed by atoms with Crippen molar-refractivity contribution in [1.29, 1.82) is 0 Å². The van der Waals surface area contributed by atoms with E-state index in [2.05, 4.69) is 23.3 Å². The summed E-state index contributed by atoms with van der Waals surface area (Å²) in [4.78, 5) is 3.19. The minimum atomic E-state index is 0.974. The van der Waals surface area contributed by atoms with Crippen LogP contribution in [0.1, 0.15) is 51.1 Å². The summed E-state index contributed by atoms with van der Waals surface area (Å²) in [6.07, 6.45) is 10.2. The van der Waals surface area contributed by atoms with Crippen molar-refractivity contribution in [1.82, 2.24) is 10.3 Å². The largest absolute Gasteiger partial charge is 0.364 e. The van der Waals surface area contributed by atoms with Crippen LogP contribution in [0.5, 0.6) is 0 Å². The third kappa shape index (κ3) is 6.34. The molecule has 0 unspecified atom stereocenters. The zero-order chi connectivity index (χ0) is 10.8. The average Bonchev–Trinajstić information content (AvgIpc) is 2.75. The molecular weight excluding hydrogens is 184 g/mol. The monoisotopic (exact) mass is 208 g/mol. The Morgan fingerprint density at radius 2 is 1.93 bits per heavy atom. The SMILES string of the molecule is CCCCCCCCNCc1ccc[nH]1. The standard InChI is InChI=1S/C13H24N2/c1-2-3-4-5-6-7-10-14-12-13-9-8-11-15-13/h8-9,11,14-15H,2-7,10,12H2,1H3. The number of H-pyrrole nitrogens is 1. The van der Waals surface area contributed by atoms with Crippen molar-refractivity contribution in [2.24, 2.45) is 0 Å². The van der Waals surface area contributed by atoms with Gasteiger partial charge in [0.05, 0.1) is 0 Å². The van der Waals surface area contributed by atoms with Crippen molar-refractivity contribution < 1.29 is 0 Å². The third-order valence-electron chi connectivity index (χ3n) is 2.68. The molecule has 0 spiro atoms. The molecule has 15 heavy (non-hydrogen) atoms. The van der Waals surface area contributed by atoms with E-state index in [1.807, 2.05) is 12.3 Å². The van der Waals surface area contributed by atoms with Crippen LogP contribution in [0, 0.1) is 0 Å². The molecule has 1 aromatic heterocycles. The zero-order valence-electron chi connectivity index (χ0n) is 9.89. The van der Waals surface area contributed by atoms with Gasteiger partial charge in [-0.2, -0.15) is 0 Å². The Kier molecular flexibility index (Phi) is 7.01. The number of unbranched alkanes of at least 4 members (excludes halogenated alkanes) is 5. The van der Waals surface area contributed by atoms with Gasteiger partial charge in [0, 0.05) is 18.4 Å². The molecular formula is C13H24N2. The van der Waals surface area contributed by atoms with E-state index in [9.17, 15) is 0 Å². The van der Waals surface area contributed by atoms with Gasteiger partial charge < -0.3 is 10.3 Å². The number of nitrogens with one attached hydrogen (secondary N) is 2. The fourth-order valence-corrected chi connectivity index (χ4v) is 1.73. The lowest BCUT2D eigenvalue weighted by Crippen LogP contribution is -2.14. The molecule has 2 nitrogen and oxygen atoms in total. The molecule has 0 fully saturated rings. The maximum absolute atomic E-state index is 3.45. The fraction of sp³-hybridized carbons (Fsp3) is 0.692. The van der Waals surface area contributed by atoms with Gasteiger partial charge in [-0.1, -0.05) is 39.0 Å². The van der Waals surface area contributed by atoms with Crippen LogP contribution in [0.4, 0.5) is 0 Å². The van der Waals surface area contributed by atoms with Gasteiger partial charge in [-0.15, -0.1) is 0 Å². The van der Waals surface area contributed by atoms with E-state index in [0.717, 1.165) is 13.1 Å². The zero-order valence-corrected chi connectivity index (χ0v) is 9.89. The van der Waals surface area contributed by atoms with Gasteiger partial charge in [0.25, 0.3) is 0 Å². The van der Waals surface area contributed by atoms with Gasteiger partial charge in [-0.3, -0.25) is 0 Å². The van der Waals surface area contributed by atoms with Gasteiger partial charge in [-0.25, -0.2) is 0 Å². The van der Waals surface area contributed by atoms with Crippen molar-refractivity contribution >= 4 is 0 Å². The van der Waals surface area contributed by atoms with Gasteiger partial charge >= 0.3 is 0 Å². The third-order valence-corrected chi connectivity index (χ3v) is 2.68. The predicted octanol–water partition coefficient (Wildman–Crippen LogP) is 3.46. The van der Waals surface area contributed by atoms with Crippen LogP contribution in [0.15, 0.2) is 18.3 Å². The quantitative estimate of drug-likeness (QED) is 0.598. The van der Waals surface area contributed by atoms with E-state index in [1.54, 1.807) is 0 Å². The first-order chi connectivity index (χ1) is 7.43. The predicted molar refractivity (Wildman–Crippen MR) is 65.9 cm³/mol. The summed E-state index contributed by atoms with van der Waals surface area (Å²) in [5, 5.41) is 3.45. The van der Waals surface area contributed by atoms with Crippen LogP contribution in [-0.4, -0.2) is 11.5 Å². The van der Waals surface area contributed by atoms with E-state index in [4.69, 9.17) is 0 Å². The molecule has 2 N–H and O–H groups in total. The number of aromatic nitrogens is 1. The molecule has 1 heterocycles. The maximum atomic E-state index is 3.45. The highest BCUT2D eigenvalue weighted by molar-refractivity contribution is 5.02. The molecule has 0 aromatic carbocycles. The summed E-state index contributed by atoms with van der Waals surface area (Å²) < 4.78 is 0. The van der Waals surface area contributed by atoms with Crippen LogP contribution in [0.2, 0.25) is 0 Å². The molecule has 0 radical (unpaired) electrons. The summed E-state index contributed by atoms with van der Waals surface area (Å²) >= 11 is 0. The molecule has 0 saturated heterocycles. The number of hydrogen-bond acceptors (Lipinski definition) is 1. The summed E-state index contributed by atoms with van der Waals surface area (Å²) in [6.45, 7) is 4.38. The van der Waals surface area contributed by atoms with E-state index in [-0.39, 0.29) is 0 Å². The smallest absolute Gasteiger partial charge is 0.0357 e. The van der Waals surface area contributed by atoms with E-state index >= 15 is 0 Å². The summed E-state index contributed by atoms with van der Waals surface area (Å²) in [7, 11) is 0. The van der Waals surface area contributed by atoms with Crippen LogP contribution in [0.3, 0.4) is 0 Å². The molecule has 0 amide bonds. The number of aromatic amines is 1. The van der Waals surface area contributed by atoms with Gasteiger partial charge in [0.2, 0.25) is 0 Å². The molecule has 86 valence electrons. The van der Waals surface area contributed by atoms with Crippen LogP contribution in [0.25, 0.3) is 0 Å².